The van der Waals surface area contributed by atoms with Crippen LogP contribution in [0.15, 0.2) is 12.2 Å². The Balaban J connectivity index is 3.51. The summed E-state index contributed by atoms with van der Waals surface area (Å²) in [5.41, 5.74) is 0.254. The molecule has 11 heavy (non-hydrogen) atoms. The van der Waals surface area contributed by atoms with Gasteiger partial charge in [0.2, 0.25) is 0 Å². The fourth-order valence-electron chi connectivity index (χ4n) is 0.765. The average molecular weight is 155 g/mol. The molecule has 0 saturated carbocycles. The molecule has 1 nitrogen and oxygen atoms in total. The van der Waals surface area contributed by atoms with Crippen LogP contribution in [0.4, 0.5) is 0 Å². The lowest BCUT2D eigenvalue weighted by molar-refractivity contribution is 0.429. The zero-order valence-corrected chi connectivity index (χ0v) is 8.28. The summed E-state index contributed by atoms with van der Waals surface area (Å²) < 4.78 is 0. The highest BCUT2D eigenvalue weighted by Crippen LogP contribution is 2.07. The maximum Gasteiger partial charge on any atom is 0.0156 e. The van der Waals surface area contributed by atoms with Gasteiger partial charge >= 0.3 is 0 Å². The summed E-state index contributed by atoms with van der Waals surface area (Å²) in [6.45, 7) is 6.63. The predicted octanol–water partition coefficient (Wildman–Crippen LogP) is 2.73. The summed E-state index contributed by atoms with van der Waals surface area (Å²) in [6, 6.07) is 0. The van der Waals surface area contributed by atoms with Gasteiger partial charge < -0.3 is 5.32 Å². The first-order valence-electron chi connectivity index (χ1n) is 4.46. The standard InChI is InChI=1S/C10H21N/c1-5-6-7-8-9-10(2,3)11-4/h7-8,11H,5-6,9H2,1-4H3/b8-7-. The Bertz CT molecular complexity index is 114. The third-order valence-electron chi connectivity index (χ3n) is 1.93. The van der Waals surface area contributed by atoms with Crippen molar-refractivity contribution in [3.8, 4) is 0 Å². The second kappa shape index (κ2) is 5.36. The molecule has 0 amide bonds. The topological polar surface area (TPSA) is 12.0 Å². The quantitative estimate of drug-likeness (QED) is 0.602. The molecule has 0 heterocycles. The summed E-state index contributed by atoms with van der Waals surface area (Å²) >= 11 is 0. The van der Waals surface area contributed by atoms with Crippen LogP contribution < -0.4 is 5.32 Å². The third kappa shape index (κ3) is 6.11. The van der Waals surface area contributed by atoms with E-state index in [9.17, 15) is 0 Å². The van der Waals surface area contributed by atoms with Crippen molar-refractivity contribution in [2.24, 2.45) is 0 Å². The minimum Gasteiger partial charge on any atom is -0.315 e. The zero-order chi connectivity index (χ0) is 8.74. The third-order valence-corrected chi connectivity index (χ3v) is 1.93. The summed E-state index contributed by atoms with van der Waals surface area (Å²) in [6.07, 6.45) is 8.10. The van der Waals surface area contributed by atoms with Crippen molar-refractivity contribution in [1.29, 1.82) is 0 Å². The van der Waals surface area contributed by atoms with Gasteiger partial charge in [-0.15, -0.1) is 0 Å². The van der Waals surface area contributed by atoms with Crippen LogP contribution in [0.1, 0.15) is 40.0 Å². The van der Waals surface area contributed by atoms with Crippen molar-refractivity contribution in [3.05, 3.63) is 12.2 Å². The molecule has 1 N–H and O–H groups in total. The number of rotatable bonds is 5. The van der Waals surface area contributed by atoms with Crippen LogP contribution in [0.5, 0.6) is 0 Å². The van der Waals surface area contributed by atoms with Crippen molar-refractivity contribution < 1.29 is 0 Å². The number of hydrogen-bond donors (Lipinski definition) is 1. The number of allylic oxidation sites excluding steroid dienone is 1. The van der Waals surface area contributed by atoms with E-state index in [1.54, 1.807) is 0 Å². The minimum atomic E-state index is 0.254. The fraction of sp³-hybridized carbons (Fsp3) is 0.800. The predicted molar refractivity (Wildman–Crippen MR) is 51.8 cm³/mol. The fourth-order valence-corrected chi connectivity index (χ4v) is 0.765. The zero-order valence-electron chi connectivity index (χ0n) is 8.28. The summed E-state index contributed by atoms with van der Waals surface area (Å²) in [7, 11) is 2.01. The van der Waals surface area contributed by atoms with E-state index in [0.717, 1.165) is 6.42 Å². The highest BCUT2D eigenvalue weighted by molar-refractivity contribution is 4.90. The molecule has 0 rings (SSSR count). The van der Waals surface area contributed by atoms with Gasteiger partial charge in [-0.25, -0.2) is 0 Å². The molecule has 0 aliphatic heterocycles. The van der Waals surface area contributed by atoms with E-state index >= 15 is 0 Å². The van der Waals surface area contributed by atoms with Crippen LogP contribution in [0.3, 0.4) is 0 Å². The van der Waals surface area contributed by atoms with Gasteiger partial charge in [0.25, 0.3) is 0 Å². The molecule has 1 heteroatoms. The van der Waals surface area contributed by atoms with Crippen LogP contribution in [-0.4, -0.2) is 12.6 Å². The van der Waals surface area contributed by atoms with E-state index in [4.69, 9.17) is 0 Å². The van der Waals surface area contributed by atoms with Crippen LogP contribution in [0.2, 0.25) is 0 Å². The Hall–Kier alpha value is -0.300. The maximum atomic E-state index is 3.27. The second-order valence-corrected chi connectivity index (χ2v) is 3.60. The van der Waals surface area contributed by atoms with E-state index in [0.29, 0.717) is 0 Å². The molecule has 0 spiro atoms. The molecule has 0 aromatic rings. The van der Waals surface area contributed by atoms with Crippen LogP contribution in [0, 0.1) is 0 Å². The lowest BCUT2D eigenvalue weighted by Crippen LogP contribution is -2.35. The summed E-state index contributed by atoms with van der Waals surface area (Å²) in [4.78, 5) is 0. The molecule has 0 aliphatic rings. The van der Waals surface area contributed by atoms with E-state index < -0.39 is 0 Å². The van der Waals surface area contributed by atoms with E-state index in [2.05, 4.69) is 38.2 Å². The molecule has 0 aliphatic carbocycles. The van der Waals surface area contributed by atoms with Gasteiger partial charge in [-0.3, -0.25) is 0 Å². The molecule has 0 bridgehead atoms. The molecule has 0 atom stereocenters. The van der Waals surface area contributed by atoms with E-state index in [-0.39, 0.29) is 5.54 Å². The Labute approximate surface area is 70.9 Å². The van der Waals surface area contributed by atoms with Gasteiger partial charge in [0, 0.05) is 5.54 Å². The highest BCUT2D eigenvalue weighted by atomic mass is 14.9. The van der Waals surface area contributed by atoms with Gasteiger partial charge in [-0.2, -0.15) is 0 Å². The van der Waals surface area contributed by atoms with Crippen LogP contribution in [-0.2, 0) is 0 Å². The molecule has 0 aromatic carbocycles. The number of nitrogens with one attached hydrogen (secondary N) is 1. The van der Waals surface area contributed by atoms with Gasteiger partial charge in [-0.1, -0.05) is 25.5 Å². The first-order valence-corrected chi connectivity index (χ1v) is 4.46. The molecule has 0 saturated heterocycles. The second-order valence-electron chi connectivity index (χ2n) is 3.60. The molecule has 0 unspecified atom stereocenters. The van der Waals surface area contributed by atoms with Gasteiger partial charge in [-0.05, 0) is 33.7 Å². The van der Waals surface area contributed by atoms with Crippen molar-refractivity contribution in [1.82, 2.24) is 5.32 Å². The maximum absolute atomic E-state index is 3.27. The van der Waals surface area contributed by atoms with E-state index in [1.807, 2.05) is 7.05 Å². The first kappa shape index (κ1) is 10.7. The monoisotopic (exact) mass is 155 g/mol. The lowest BCUT2D eigenvalue weighted by Gasteiger charge is -2.21. The summed E-state index contributed by atoms with van der Waals surface area (Å²) in [5, 5.41) is 3.27. The Morgan fingerprint density at radius 2 is 1.91 bits per heavy atom. The van der Waals surface area contributed by atoms with Gasteiger partial charge in [0.1, 0.15) is 0 Å². The number of hydrogen-bond acceptors (Lipinski definition) is 1. The first-order chi connectivity index (χ1) is 5.12. The molecular weight excluding hydrogens is 134 g/mol. The normalized spacial score (nSPS) is 12.7. The minimum absolute atomic E-state index is 0.254. The van der Waals surface area contributed by atoms with Crippen molar-refractivity contribution in [3.63, 3.8) is 0 Å². The largest absolute Gasteiger partial charge is 0.315 e. The lowest BCUT2D eigenvalue weighted by atomic mass is 10.0. The van der Waals surface area contributed by atoms with Crippen molar-refractivity contribution in [2.75, 3.05) is 7.05 Å². The Kier molecular flexibility index (Phi) is 5.22. The van der Waals surface area contributed by atoms with E-state index in [1.165, 1.54) is 12.8 Å². The Morgan fingerprint density at radius 1 is 1.27 bits per heavy atom. The summed E-state index contributed by atoms with van der Waals surface area (Å²) in [5.74, 6) is 0. The van der Waals surface area contributed by atoms with Crippen molar-refractivity contribution in [2.45, 2.75) is 45.6 Å². The molecule has 0 radical (unpaired) electrons. The van der Waals surface area contributed by atoms with Crippen LogP contribution >= 0.6 is 0 Å². The molecule has 0 aromatic heterocycles. The van der Waals surface area contributed by atoms with Gasteiger partial charge in [0.15, 0.2) is 0 Å². The van der Waals surface area contributed by atoms with Crippen LogP contribution in [0.25, 0.3) is 0 Å². The molecule has 0 fully saturated rings. The average Bonchev–Trinajstić information content (AvgIpc) is 1.99. The number of unbranched alkanes of at least 4 members (excludes halogenated alkanes) is 1. The molecular formula is C10H21N. The SMILES string of the molecule is CCC/C=C\CC(C)(C)NC. The smallest absolute Gasteiger partial charge is 0.0156 e. The van der Waals surface area contributed by atoms with Crippen molar-refractivity contribution >= 4 is 0 Å². The molecule has 66 valence electrons. The van der Waals surface area contributed by atoms with Gasteiger partial charge in [0.05, 0.1) is 0 Å². The highest BCUT2D eigenvalue weighted by Gasteiger charge is 2.10. The Morgan fingerprint density at radius 3 is 2.36 bits per heavy atom.